The fourth-order valence-corrected chi connectivity index (χ4v) is 3.83. The number of methoxy groups -OCH3 is 1. The molecule has 7 nitrogen and oxygen atoms in total. The number of nitrogens with zero attached hydrogens (tertiary/aromatic N) is 2. The summed E-state index contributed by atoms with van der Waals surface area (Å²) < 4.78 is 6.60. The van der Waals surface area contributed by atoms with Gasteiger partial charge in [0.25, 0.3) is 0 Å². The maximum Gasteiger partial charge on any atom is 0.246 e. The van der Waals surface area contributed by atoms with Crippen molar-refractivity contribution in [2.45, 2.75) is 31.7 Å². The largest absolute Gasteiger partial charge is 0.497 e. The number of benzene rings is 2. The van der Waals surface area contributed by atoms with Crippen molar-refractivity contribution in [1.29, 1.82) is 0 Å². The number of anilines is 2. The molecule has 0 saturated carbocycles. The Balaban J connectivity index is 1.28. The maximum atomic E-state index is 12.5. The van der Waals surface area contributed by atoms with Gasteiger partial charge in [0.1, 0.15) is 12.3 Å². The average Bonchev–Trinajstić information content (AvgIpc) is 3.35. The van der Waals surface area contributed by atoms with Crippen LogP contribution in [0.5, 0.6) is 5.75 Å². The van der Waals surface area contributed by atoms with Gasteiger partial charge in [-0.2, -0.15) is 5.10 Å². The third-order valence-electron chi connectivity index (χ3n) is 5.29. The molecular weight excluding hydrogens is 380 g/mol. The summed E-state index contributed by atoms with van der Waals surface area (Å²) in [4.78, 5) is 24.7. The van der Waals surface area contributed by atoms with Crippen LogP contribution in [0, 0.1) is 0 Å². The molecule has 30 heavy (non-hydrogen) atoms. The van der Waals surface area contributed by atoms with Crippen LogP contribution in [0.2, 0.25) is 0 Å². The van der Waals surface area contributed by atoms with Crippen molar-refractivity contribution >= 4 is 23.2 Å². The Morgan fingerprint density at radius 3 is 2.63 bits per heavy atom. The van der Waals surface area contributed by atoms with Crippen molar-refractivity contribution in [3.63, 3.8) is 0 Å². The second kappa shape index (κ2) is 8.82. The molecule has 0 spiro atoms. The number of ether oxygens (including phenoxy) is 1. The van der Waals surface area contributed by atoms with Crippen LogP contribution in [0.4, 0.5) is 11.4 Å². The van der Waals surface area contributed by atoms with Gasteiger partial charge in [-0.1, -0.05) is 24.3 Å². The van der Waals surface area contributed by atoms with Crippen molar-refractivity contribution in [2.75, 3.05) is 17.7 Å². The SMILES string of the molecule is COc1ccc(NC(=O)Cn2cc(NC(=O)CC3CCc4ccccc43)cn2)cc1. The van der Waals surface area contributed by atoms with Crippen molar-refractivity contribution in [1.82, 2.24) is 9.78 Å². The zero-order valence-electron chi connectivity index (χ0n) is 16.8. The van der Waals surface area contributed by atoms with Crippen LogP contribution in [-0.2, 0) is 22.6 Å². The molecule has 7 heteroatoms. The molecule has 2 aromatic carbocycles. The first-order valence-corrected chi connectivity index (χ1v) is 9.95. The van der Waals surface area contributed by atoms with Crippen LogP contribution in [0.3, 0.4) is 0 Å². The summed E-state index contributed by atoms with van der Waals surface area (Å²) in [5.41, 5.74) is 3.88. The summed E-state index contributed by atoms with van der Waals surface area (Å²) in [6.45, 7) is 0.0535. The summed E-state index contributed by atoms with van der Waals surface area (Å²) in [6, 6.07) is 15.4. The summed E-state index contributed by atoms with van der Waals surface area (Å²) in [6.07, 6.45) is 5.68. The molecule has 3 aromatic rings. The first-order valence-electron chi connectivity index (χ1n) is 9.95. The zero-order valence-corrected chi connectivity index (χ0v) is 16.8. The quantitative estimate of drug-likeness (QED) is 0.630. The molecule has 1 aromatic heterocycles. The minimum atomic E-state index is -0.205. The Morgan fingerprint density at radius 2 is 1.83 bits per heavy atom. The standard InChI is InChI=1S/C23H24N4O3/c1-30-20-10-8-18(9-11-20)25-23(29)15-27-14-19(13-24-27)26-22(28)12-17-7-6-16-4-2-3-5-21(16)17/h2-5,8-11,13-14,17H,6-7,12,15H2,1H3,(H,25,29)(H,26,28). The molecule has 0 bridgehead atoms. The number of hydrogen-bond acceptors (Lipinski definition) is 4. The number of aromatic nitrogens is 2. The molecular formula is C23H24N4O3. The number of carbonyl (C=O) groups excluding carboxylic acids is 2. The maximum absolute atomic E-state index is 12.5. The van der Waals surface area contributed by atoms with Gasteiger partial charge in [0.15, 0.2) is 0 Å². The fourth-order valence-electron chi connectivity index (χ4n) is 3.83. The molecule has 1 aliphatic rings. The lowest BCUT2D eigenvalue weighted by Gasteiger charge is -2.11. The molecule has 2 N–H and O–H groups in total. The number of amides is 2. The lowest BCUT2D eigenvalue weighted by atomic mass is 9.97. The van der Waals surface area contributed by atoms with Gasteiger partial charge >= 0.3 is 0 Å². The summed E-state index contributed by atoms with van der Waals surface area (Å²) >= 11 is 0. The topological polar surface area (TPSA) is 85.2 Å². The normalized spacial score (nSPS) is 14.8. The van der Waals surface area contributed by atoms with Crippen LogP contribution in [0.1, 0.15) is 29.9 Å². The van der Waals surface area contributed by atoms with E-state index in [1.165, 1.54) is 15.8 Å². The third kappa shape index (κ3) is 4.68. The van der Waals surface area contributed by atoms with E-state index < -0.39 is 0 Å². The highest BCUT2D eigenvalue weighted by atomic mass is 16.5. The number of nitrogens with one attached hydrogen (secondary N) is 2. The molecule has 0 saturated heterocycles. The highest BCUT2D eigenvalue weighted by Gasteiger charge is 2.24. The van der Waals surface area contributed by atoms with Crippen LogP contribution in [0.15, 0.2) is 60.9 Å². The number of fused-ring (bicyclic) bond motifs is 1. The fraction of sp³-hybridized carbons (Fsp3) is 0.261. The smallest absolute Gasteiger partial charge is 0.246 e. The number of rotatable bonds is 7. The van der Waals surface area contributed by atoms with Crippen LogP contribution >= 0.6 is 0 Å². The molecule has 0 aliphatic heterocycles. The molecule has 2 amide bonds. The molecule has 1 aliphatic carbocycles. The highest BCUT2D eigenvalue weighted by molar-refractivity contribution is 5.92. The monoisotopic (exact) mass is 404 g/mol. The Kier molecular flexibility index (Phi) is 5.79. The predicted octanol–water partition coefficient (Wildman–Crippen LogP) is 3.59. The minimum absolute atomic E-state index is 0.0427. The molecule has 4 rings (SSSR count). The van der Waals surface area contributed by atoms with Crippen molar-refractivity contribution in [3.8, 4) is 5.75 Å². The van der Waals surface area contributed by atoms with Crippen LogP contribution in [-0.4, -0.2) is 28.7 Å². The van der Waals surface area contributed by atoms with Gasteiger partial charge in [0.2, 0.25) is 11.8 Å². The Labute approximate surface area is 175 Å². The van der Waals surface area contributed by atoms with E-state index in [0.717, 1.165) is 18.6 Å². The molecule has 1 unspecified atom stereocenters. The van der Waals surface area contributed by atoms with Gasteiger partial charge < -0.3 is 15.4 Å². The van der Waals surface area contributed by atoms with E-state index in [4.69, 9.17) is 4.74 Å². The van der Waals surface area contributed by atoms with Gasteiger partial charge in [-0.15, -0.1) is 0 Å². The summed E-state index contributed by atoms with van der Waals surface area (Å²) in [7, 11) is 1.59. The lowest BCUT2D eigenvalue weighted by molar-refractivity contribution is -0.117. The van der Waals surface area contributed by atoms with E-state index in [2.05, 4.69) is 27.9 Å². The highest BCUT2D eigenvalue weighted by Crippen LogP contribution is 2.35. The van der Waals surface area contributed by atoms with Crippen molar-refractivity contribution in [3.05, 3.63) is 72.1 Å². The lowest BCUT2D eigenvalue weighted by Crippen LogP contribution is -2.19. The van der Waals surface area contributed by atoms with Gasteiger partial charge in [-0.3, -0.25) is 14.3 Å². The molecule has 1 heterocycles. The van der Waals surface area contributed by atoms with E-state index in [1.807, 2.05) is 12.1 Å². The Morgan fingerprint density at radius 1 is 1.07 bits per heavy atom. The average molecular weight is 404 g/mol. The summed E-state index contributed by atoms with van der Waals surface area (Å²) in [5, 5.41) is 9.86. The summed E-state index contributed by atoms with van der Waals surface area (Å²) in [5.74, 6) is 0.732. The first-order chi connectivity index (χ1) is 14.6. The molecule has 0 fully saturated rings. The van der Waals surface area contributed by atoms with Crippen molar-refractivity contribution < 1.29 is 14.3 Å². The van der Waals surface area contributed by atoms with Gasteiger partial charge in [-0.25, -0.2) is 0 Å². The second-order valence-electron chi connectivity index (χ2n) is 7.39. The minimum Gasteiger partial charge on any atom is -0.497 e. The number of hydrogen-bond donors (Lipinski definition) is 2. The van der Waals surface area contributed by atoms with E-state index in [1.54, 1.807) is 43.8 Å². The predicted molar refractivity (Wildman–Crippen MR) is 115 cm³/mol. The Bertz CT molecular complexity index is 1040. The van der Waals surface area contributed by atoms with E-state index >= 15 is 0 Å². The molecule has 154 valence electrons. The zero-order chi connectivity index (χ0) is 20.9. The molecule has 1 atom stereocenters. The first kappa shape index (κ1) is 19.7. The third-order valence-corrected chi connectivity index (χ3v) is 5.29. The van der Waals surface area contributed by atoms with Gasteiger partial charge in [0.05, 0.1) is 19.0 Å². The van der Waals surface area contributed by atoms with E-state index in [-0.39, 0.29) is 24.3 Å². The van der Waals surface area contributed by atoms with E-state index in [9.17, 15) is 9.59 Å². The van der Waals surface area contributed by atoms with E-state index in [0.29, 0.717) is 17.8 Å². The van der Waals surface area contributed by atoms with Crippen LogP contribution < -0.4 is 15.4 Å². The Hall–Kier alpha value is -3.61. The molecule has 0 radical (unpaired) electrons. The second-order valence-corrected chi connectivity index (χ2v) is 7.39. The number of aryl methyl sites for hydroxylation is 1. The van der Waals surface area contributed by atoms with Crippen molar-refractivity contribution in [2.24, 2.45) is 0 Å². The number of carbonyl (C=O) groups is 2. The van der Waals surface area contributed by atoms with Gasteiger partial charge in [0, 0.05) is 18.3 Å². The van der Waals surface area contributed by atoms with Crippen LogP contribution in [0.25, 0.3) is 0 Å². The van der Waals surface area contributed by atoms with Gasteiger partial charge in [-0.05, 0) is 54.2 Å².